The van der Waals surface area contributed by atoms with Crippen LogP contribution in [-0.2, 0) is 16.4 Å². The van der Waals surface area contributed by atoms with E-state index in [1.807, 2.05) is 18.3 Å². The lowest BCUT2D eigenvalue weighted by molar-refractivity contribution is 0.346. The number of rotatable bonds is 6. The second-order valence-electron chi connectivity index (χ2n) is 6.88. The average molecular weight is 385 g/mol. The Morgan fingerprint density at radius 3 is 2.67 bits per heavy atom. The molecular formula is C20H24N4O2S. The number of para-hydroxylation sites is 1. The number of hydrogen-bond donors (Lipinski definition) is 2. The summed E-state index contributed by atoms with van der Waals surface area (Å²) in [5, 5.41) is 4.50. The molecule has 142 valence electrons. The third kappa shape index (κ3) is 3.84. The van der Waals surface area contributed by atoms with Gasteiger partial charge in [0.05, 0.1) is 0 Å². The van der Waals surface area contributed by atoms with Crippen LogP contribution in [0, 0.1) is 0 Å². The molecule has 0 spiro atoms. The van der Waals surface area contributed by atoms with Crippen molar-refractivity contribution in [2.75, 3.05) is 25.0 Å². The Balaban J connectivity index is 1.38. The van der Waals surface area contributed by atoms with E-state index in [4.69, 9.17) is 0 Å². The van der Waals surface area contributed by atoms with Crippen LogP contribution < -0.4 is 5.32 Å². The predicted molar refractivity (Wildman–Crippen MR) is 107 cm³/mol. The number of benzene rings is 1. The summed E-state index contributed by atoms with van der Waals surface area (Å²) >= 11 is 0. The van der Waals surface area contributed by atoms with Gasteiger partial charge in [-0.1, -0.05) is 24.6 Å². The highest BCUT2D eigenvalue weighted by atomic mass is 32.2. The number of H-pyrrole nitrogens is 1. The van der Waals surface area contributed by atoms with Crippen molar-refractivity contribution in [1.82, 2.24) is 14.3 Å². The summed E-state index contributed by atoms with van der Waals surface area (Å²) in [5.74, 6) is 0.687. The fraction of sp³-hybridized carbons (Fsp3) is 0.350. The number of aromatic amines is 1. The van der Waals surface area contributed by atoms with Gasteiger partial charge in [-0.25, -0.2) is 13.4 Å². The summed E-state index contributed by atoms with van der Waals surface area (Å²) in [6.07, 6.45) is 7.31. The molecule has 0 aliphatic carbocycles. The Kier molecular flexibility index (Phi) is 5.13. The van der Waals surface area contributed by atoms with Crippen molar-refractivity contribution in [3.05, 3.63) is 54.4 Å². The summed E-state index contributed by atoms with van der Waals surface area (Å²) in [5.41, 5.74) is 2.39. The van der Waals surface area contributed by atoms with Crippen molar-refractivity contribution in [2.24, 2.45) is 0 Å². The molecule has 1 aliphatic rings. The fourth-order valence-electron chi connectivity index (χ4n) is 3.56. The first-order valence-corrected chi connectivity index (χ1v) is 10.8. The van der Waals surface area contributed by atoms with E-state index in [1.165, 1.54) is 17.1 Å². The average Bonchev–Trinajstić information content (AvgIpc) is 3.12. The molecule has 2 N–H and O–H groups in total. The smallest absolute Gasteiger partial charge is 0.244 e. The van der Waals surface area contributed by atoms with Gasteiger partial charge in [0.15, 0.2) is 0 Å². The van der Waals surface area contributed by atoms with Crippen molar-refractivity contribution < 1.29 is 8.42 Å². The maximum Gasteiger partial charge on any atom is 0.244 e. The molecule has 6 nitrogen and oxygen atoms in total. The lowest BCUT2D eigenvalue weighted by Crippen LogP contribution is -2.35. The number of pyridine rings is 1. The second kappa shape index (κ2) is 7.70. The standard InChI is InChI=1S/C20H24N4O2S/c25-27(26,24-12-4-1-5-13-24)17-8-9-20(23-15-17)21-11-10-16-14-22-19-7-3-2-6-18(16)19/h2-3,6-9,14-15,22H,1,4-5,10-13H2,(H,21,23). The Labute approximate surface area is 159 Å². The van der Waals surface area contributed by atoms with Crippen LogP contribution in [0.1, 0.15) is 24.8 Å². The number of nitrogens with one attached hydrogen (secondary N) is 2. The maximum absolute atomic E-state index is 12.7. The van der Waals surface area contributed by atoms with E-state index in [0.29, 0.717) is 18.9 Å². The first-order chi connectivity index (χ1) is 13.1. The van der Waals surface area contributed by atoms with Crippen molar-refractivity contribution in [3.63, 3.8) is 0 Å². The predicted octanol–water partition coefficient (Wildman–Crippen LogP) is 3.39. The summed E-state index contributed by atoms with van der Waals surface area (Å²) in [6.45, 7) is 1.94. The van der Waals surface area contributed by atoms with Crippen LogP contribution in [0.25, 0.3) is 10.9 Å². The SMILES string of the molecule is O=S(=O)(c1ccc(NCCc2c[nH]c3ccccc23)nc1)N1CCCCC1. The van der Waals surface area contributed by atoms with Crippen LogP contribution in [-0.4, -0.2) is 42.3 Å². The molecule has 1 aromatic carbocycles. The molecule has 3 aromatic rings. The molecule has 4 rings (SSSR count). The molecule has 1 fully saturated rings. The molecule has 0 atom stereocenters. The largest absolute Gasteiger partial charge is 0.370 e. The molecule has 0 radical (unpaired) electrons. The normalized spacial score (nSPS) is 15.9. The van der Waals surface area contributed by atoms with Gasteiger partial charge in [0, 0.05) is 42.9 Å². The van der Waals surface area contributed by atoms with Gasteiger partial charge in [-0.2, -0.15) is 4.31 Å². The van der Waals surface area contributed by atoms with Gasteiger partial charge in [-0.3, -0.25) is 0 Å². The molecule has 27 heavy (non-hydrogen) atoms. The number of nitrogens with zero attached hydrogens (tertiary/aromatic N) is 2. The first-order valence-electron chi connectivity index (χ1n) is 9.40. The minimum Gasteiger partial charge on any atom is -0.370 e. The van der Waals surface area contributed by atoms with Crippen LogP contribution in [0.5, 0.6) is 0 Å². The zero-order valence-electron chi connectivity index (χ0n) is 15.2. The van der Waals surface area contributed by atoms with Gasteiger partial charge in [-0.05, 0) is 43.0 Å². The molecule has 0 amide bonds. The highest BCUT2D eigenvalue weighted by molar-refractivity contribution is 7.89. The minimum atomic E-state index is -3.42. The van der Waals surface area contributed by atoms with Crippen LogP contribution in [0.3, 0.4) is 0 Å². The van der Waals surface area contributed by atoms with Gasteiger partial charge in [-0.15, -0.1) is 0 Å². The Morgan fingerprint density at radius 1 is 1.07 bits per heavy atom. The Morgan fingerprint density at radius 2 is 1.89 bits per heavy atom. The summed E-state index contributed by atoms with van der Waals surface area (Å²) in [7, 11) is -3.42. The van der Waals surface area contributed by atoms with Crippen molar-refractivity contribution >= 4 is 26.7 Å². The van der Waals surface area contributed by atoms with Gasteiger partial charge < -0.3 is 10.3 Å². The van der Waals surface area contributed by atoms with E-state index in [0.717, 1.165) is 37.7 Å². The molecular weight excluding hydrogens is 360 g/mol. The number of piperidine rings is 1. The van der Waals surface area contributed by atoms with Gasteiger partial charge in [0.25, 0.3) is 0 Å². The quantitative estimate of drug-likeness (QED) is 0.683. The third-order valence-corrected chi connectivity index (χ3v) is 6.95. The molecule has 1 saturated heterocycles. The van der Waals surface area contributed by atoms with Crippen LogP contribution >= 0.6 is 0 Å². The number of fused-ring (bicyclic) bond motifs is 1. The van der Waals surface area contributed by atoms with Gasteiger partial charge >= 0.3 is 0 Å². The molecule has 0 saturated carbocycles. The molecule has 0 bridgehead atoms. The van der Waals surface area contributed by atoms with Crippen molar-refractivity contribution in [3.8, 4) is 0 Å². The topological polar surface area (TPSA) is 78.1 Å². The third-order valence-electron chi connectivity index (χ3n) is 5.06. The number of hydrogen-bond acceptors (Lipinski definition) is 4. The van der Waals surface area contributed by atoms with E-state index in [-0.39, 0.29) is 4.90 Å². The maximum atomic E-state index is 12.7. The van der Waals surface area contributed by atoms with Gasteiger partial charge in [0.1, 0.15) is 10.7 Å². The van der Waals surface area contributed by atoms with Crippen molar-refractivity contribution in [2.45, 2.75) is 30.6 Å². The Hall–Kier alpha value is -2.38. The van der Waals surface area contributed by atoms with Crippen LogP contribution in [0.15, 0.2) is 53.7 Å². The Bertz CT molecular complexity index is 1010. The lowest BCUT2D eigenvalue weighted by atomic mass is 10.1. The summed E-state index contributed by atoms with van der Waals surface area (Å²) in [6, 6.07) is 11.6. The van der Waals surface area contributed by atoms with E-state index < -0.39 is 10.0 Å². The van der Waals surface area contributed by atoms with Crippen molar-refractivity contribution in [1.29, 1.82) is 0 Å². The molecule has 3 heterocycles. The number of sulfonamides is 1. The monoisotopic (exact) mass is 384 g/mol. The first kappa shape index (κ1) is 18.0. The highest BCUT2D eigenvalue weighted by Gasteiger charge is 2.26. The molecule has 2 aromatic heterocycles. The van der Waals surface area contributed by atoms with Crippen LogP contribution in [0.4, 0.5) is 5.82 Å². The minimum absolute atomic E-state index is 0.270. The highest BCUT2D eigenvalue weighted by Crippen LogP contribution is 2.21. The molecule has 1 aliphatic heterocycles. The van der Waals surface area contributed by atoms with Gasteiger partial charge in [0.2, 0.25) is 10.0 Å². The zero-order chi connectivity index (χ0) is 18.7. The summed E-state index contributed by atoms with van der Waals surface area (Å²) < 4.78 is 26.9. The zero-order valence-corrected chi connectivity index (χ0v) is 16.0. The second-order valence-corrected chi connectivity index (χ2v) is 8.82. The molecule has 0 unspecified atom stereocenters. The van der Waals surface area contributed by atoms with E-state index >= 15 is 0 Å². The van der Waals surface area contributed by atoms with E-state index in [1.54, 1.807) is 16.4 Å². The lowest BCUT2D eigenvalue weighted by Gasteiger charge is -2.25. The molecule has 7 heteroatoms. The number of aromatic nitrogens is 2. The summed E-state index contributed by atoms with van der Waals surface area (Å²) in [4.78, 5) is 7.84. The van der Waals surface area contributed by atoms with E-state index in [9.17, 15) is 8.42 Å². The number of anilines is 1. The van der Waals surface area contributed by atoms with E-state index in [2.05, 4.69) is 27.4 Å². The fourth-order valence-corrected chi connectivity index (χ4v) is 5.02. The van der Waals surface area contributed by atoms with Crippen LogP contribution in [0.2, 0.25) is 0 Å².